The molecule has 4 heteroatoms. The number of methoxy groups -OCH3 is 1. The number of aromatic hydroxyl groups is 1. The Bertz CT molecular complexity index is 610. The van der Waals surface area contributed by atoms with Crippen LogP contribution < -0.4 is 9.47 Å². The predicted octanol–water partition coefficient (Wildman–Crippen LogP) is 4.02. The zero-order valence-corrected chi connectivity index (χ0v) is 12.2. The third kappa shape index (κ3) is 2.43. The number of benzene rings is 2. The van der Waals surface area contributed by atoms with E-state index < -0.39 is 0 Å². The maximum atomic E-state index is 9.38. The second-order valence-electron chi connectivity index (χ2n) is 4.77. The molecule has 0 aromatic heterocycles. The van der Waals surface area contributed by atoms with E-state index in [1.807, 2.05) is 30.3 Å². The van der Waals surface area contributed by atoms with Gasteiger partial charge in [0.1, 0.15) is 23.4 Å². The largest absolute Gasteiger partial charge is 0.508 e. The van der Waals surface area contributed by atoms with Crippen LogP contribution in [0.4, 0.5) is 0 Å². The van der Waals surface area contributed by atoms with Gasteiger partial charge in [-0.1, -0.05) is 12.1 Å². The van der Waals surface area contributed by atoms with Crippen molar-refractivity contribution in [3.63, 3.8) is 0 Å². The van der Waals surface area contributed by atoms with Crippen LogP contribution in [0, 0.1) is 0 Å². The lowest BCUT2D eigenvalue weighted by Crippen LogP contribution is -2.22. The van der Waals surface area contributed by atoms with E-state index in [0.29, 0.717) is 5.25 Å². The minimum atomic E-state index is -0.0276. The molecular formula is C16H16O3S. The van der Waals surface area contributed by atoms with Gasteiger partial charge in [0.2, 0.25) is 0 Å². The van der Waals surface area contributed by atoms with Gasteiger partial charge in [-0.15, -0.1) is 11.8 Å². The van der Waals surface area contributed by atoms with E-state index in [1.165, 1.54) is 0 Å². The molecule has 1 aliphatic rings. The van der Waals surface area contributed by atoms with Gasteiger partial charge < -0.3 is 14.6 Å². The van der Waals surface area contributed by atoms with Gasteiger partial charge in [0.25, 0.3) is 0 Å². The van der Waals surface area contributed by atoms with E-state index in [2.05, 4.69) is 6.92 Å². The van der Waals surface area contributed by atoms with E-state index in [4.69, 9.17) is 9.47 Å². The van der Waals surface area contributed by atoms with Crippen LogP contribution >= 0.6 is 11.8 Å². The summed E-state index contributed by atoms with van der Waals surface area (Å²) in [4.78, 5) is 1.13. The van der Waals surface area contributed by atoms with Crippen LogP contribution in [0.15, 0.2) is 47.4 Å². The molecule has 0 fully saturated rings. The Morgan fingerprint density at radius 3 is 2.60 bits per heavy atom. The number of hydrogen-bond acceptors (Lipinski definition) is 4. The van der Waals surface area contributed by atoms with Gasteiger partial charge in [-0.05, 0) is 36.8 Å². The fourth-order valence-electron chi connectivity index (χ4n) is 2.30. The molecule has 0 saturated carbocycles. The molecule has 3 nitrogen and oxygen atoms in total. The van der Waals surface area contributed by atoms with Crippen molar-refractivity contribution in [2.75, 3.05) is 7.11 Å². The number of phenols is 1. The Kier molecular flexibility index (Phi) is 3.49. The molecule has 1 unspecified atom stereocenters. The molecule has 0 saturated heterocycles. The fourth-order valence-corrected chi connectivity index (χ4v) is 3.41. The molecular weight excluding hydrogens is 272 g/mol. The van der Waals surface area contributed by atoms with Gasteiger partial charge in [-0.3, -0.25) is 0 Å². The molecule has 0 bridgehead atoms. The number of ether oxygens (including phenoxy) is 2. The Morgan fingerprint density at radius 2 is 1.90 bits per heavy atom. The number of hydrogen-bond donors (Lipinski definition) is 1. The topological polar surface area (TPSA) is 38.7 Å². The van der Waals surface area contributed by atoms with E-state index in [-0.39, 0.29) is 11.9 Å². The van der Waals surface area contributed by atoms with Crippen LogP contribution in [-0.4, -0.2) is 17.5 Å². The molecule has 0 aliphatic carbocycles. The minimum absolute atomic E-state index is 0.0276. The van der Waals surface area contributed by atoms with Crippen LogP contribution in [-0.2, 0) is 0 Å². The first-order valence-corrected chi connectivity index (χ1v) is 7.35. The lowest BCUT2D eigenvalue weighted by atomic mass is 10.1. The summed E-state index contributed by atoms with van der Waals surface area (Å²) in [6.45, 7) is 2.15. The molecule has 1 aliphatic heterocycles. The maximum absolute atomic E-state index is 9.38. The number of rotatable bonds is 2. The van der Waals surface area contributed by atoms with Gasteiger partial charge in [0, 0.05) is 11.3 Å². The van der Waals surface area contributed by atoms with Crippen LogP contribution in [0.5, 0.6) is 17.2 Å². The fraction of sp³-hybridized carbons (Fsp3) is 0.250. The van der Waals surface area contributed by atoms with E-state index in [9.17, 15) is 5.11 Å². The Labute approximate surface area is 122 Å². The molecule has 1 N–H and O–H groups in total. The molecule has 0 spiro atoms. The lowest BCUT2D eigenvalue weighted by Gasteiger charge is -2.31. The van der Waals surface area contributed by atoms with Crippen LogP contribution in [0.3, 0.4) is 0 Å². The molecule has 0 amide bonds. The van der Waals surface area contributed by atoms with Gasteiger partial charge in [0.15, 0.2) is 0 Å². The Balaban J connectivity index is 1.92. The second kappa shape index (κ2) is 5.29. The zero-order chi connectivity index (χ0) is 14.1. The van der Waals surface area contributed by atoms with Crippen molar-refractivity contribution in [3.05, 3.63) is 48.0 Å². The third-order valence-corrected chi connectivity index (χ3v) is 4.58. The zero-order valence-electron chi connectivity index (χ0n) is 11.4. The Morgan fingerprint density at radius 1 is 1.15 bits per heavy atom. The maximum Gasteiger partial charge on any atom is 0.137 e. The summed E-state index contributed by atoms with van der Waals surface area (Å²) < 4.78 is 11.4. The van der Waals surface area contributed by atoms with Gasteiger partial charge >= 0.3 is 0 Å². The molecule has 2 atom stereocenters. The summed E-state index contributed by atoms with van der Waals surface area (Å²) in [5.74, 6) is 1.92. The summed E-state index contributed by atoms with van der Waals surface area (Å²) >= 11 is 1.80. The summed E-state index contributed by atoms with van der Waals surface area (Å²) in [7, 11) is 1.65. The predicted molar refractivity (Wildman–Crippen MR) is 79.8 cm³/mol. The highest BCUT2D eigenvalue weighted by Gasteiger charge is 2.29. The van der Waals surface area contributed by atoms with E-state index in [1.54, 1.807) is 31.0 Å². The number of fused-ring (bicyclic) bond motifs is 1. The number of thioether (sulfide) groups is 1. The Hall–Kier alpha value is -1.81. The van der Waals surface area contributed by atoms with Crippen LogP contribution in [0.2, 0.25) is 0 Å². The quantitative estimate of drug-likeness (QED) is 0.906. The van der Waals surface area contributed by atoms with Gasteiger partial charge in [-0.25, -0.2) is 0 Å². The molecule has 0 radical (unpaired) electrons. The highest BCUT2D eigenvalue weighted by Crippen LogP contribution is 2.46. The molecule has 104 valence electrons. The molecule has 2 aromatic rings. The van der Waals surface area contributed by atoms with Crippen molar-refractivity contribution in [1.29, 1.82) is 0 Å². The highest BCUT2D eigenvalue weighted by atomic mass is 32.2. The molecule has 3 rings (SSSR count). The smallest absolute Gasteiger partial charge is 0.137 e. The minimum Gasteiger partial charge on any atom is -0.508 e. The van der Waals surface area contributed by atoms with Crippen molar-refractivity contribution in [2.24, 2.45) is 0 Å². The highest BCUT2D eigenvalue weighted by molar-refractivity contribution is 8.00. The van der Waals surface area contributed by atoms with Crippen molar-refractivity contribution in [1.82, 2.24) is 0 Å². The standard InChI is InChI=1S/C16H16O3S/c1-10-16(11-3-5-12(17)6-4-11)19-14-9-13(18-2)7-8-15(14)20-10/h3-10,16-17H,1-2H3/t10-,16?/m0/s1. The van der Waals surface area contributed by atoms with E-state index >= 15 is 0 Å². The van der Waals surface area contributed by atoms with Crippen molar-refractivity contribution in [2.45, 2.75) is 23.2 Å². The summed E-state index contributed by atoms with van der Waals surface area (Å²) in [6.07, 6.45) is -0.0276. The average Bonchev–Trinajstić information content (AvgIpc) is 2.47. The monoisotopic (exact) mass is 288 g/mol. The number of phenolic OH excluding ortho intramolecular Hbond substituents is 1. The van der Waals surface area contributed by atoms with Crippen LogP contribution in [0.1, 0.15) is 18.6 Å². The normalized spacial score (nSPS) is 20.9. The molecule has 2 aromatic carbocycles. The molecule has 1 heterocycles. The van der Waals surface area contributed by atoms with E-state index in [0.717, 1.165) is 22.0 Å². The van der Waals surface area contributed by atoms with Crippen molar-refractivity contribution >= 4 is 11.8 Å². The van der Waals surface area contributed by atoms with Gasteiger partial charge in [0.05, 0.1) is 12.0 Å². The van der Waals surface area contributed by atoms with Crippen LogP contribution in [0.25, 0.3) is 0 Å². The summed E-state index contributed by atoms with van der Waals surface area (Å²) in [5, 5.41) is 9.69. The third-order valence-electron chi connectivity index (χ3n) is 3.37. The first-order valence-electron chi connectivity index (χ1n) is 6.47. The summed E-state index contributed by atoms with van der Waals surface area (Å²) in [6, 6.07) is 13.1. The summed E-state index contributed by atoms with van der Waals surface area (Å²) in [5.41, 5.74) is 1.07. The van der Waals surface area contributed by atoms with Gasteiger partial charge in [-0.2, -0.15) is 0 Å². The lowest BCUT2D eigenvalue weighted by molar-refractivity contribution is 0.194. The first-order chi connectivity index (χ1) is 9.67. The average molecular weight is 288 g/mol. The molecule has 20 heavy (non-hydrogen) atoms. The van der Waals surface area contributed by atoms with Crippen molar-refractivity contribution in [3.8, 4) is 17.2 Å². The second-order valence-corrected chi connectivity index (χ2v) is 6.18. The first kappa shape index (κ1) is 13.2. The SMILES string of the molecule is COc1ccc2c(c1)OC(c1ccc(O)cc1)[C@H](C)S2. The van der Waals surface area contributed by atoms with Crippen molar-refractivity contribution < 1.29 is 14.6 Å².